The van der Waals surface area contributed by atoms with Gasteiger partial charge < -0.3 is 19.7 Å². The van der Waals surface area contributed by atoms with Crippen LogP contribution in [-0.2, 0) is 19.5 Å². The highest BCUT2D eigenvalue weighted by atomic mass is 16.5. The Kier molecular flexibility index (Phi) is 5.64. The number of methoxy groups -OCH3 is 2. The summed E-state index contributed by atoms with van der Waals surface area (Å²) in [5, 5.41) is 3.41. The Labute approximate surface area is 166 Å². The summed E-state index contributed by atoms with van der Waals surface area (Å²) in [6.07, 6.45) is 1.01. The Morgan fingerprint density at radius 2 is 1.89 bits per heavy atom. The molecule has 150 valence electrons. The van der Waals surface area contributed by atoms with Crippen molar-refractivity contribution in [2.75, 3.05) is 51.8 Å². The highest BCUT2D eigenvalue weighted by molar-refractivity contribution is 5.51. The minimum Gasteiger partial charge on any atom is -0.497 e. The highest BCUT2D eigenvalue weighted by Gasteiger charge is 2.24. The molecule has 0 bridgehead atoms. The number of aromatic nitrogens is 2. The van der Waals surface area contributed by atoms with E-state index >= 15 is 0 Å². The van der Waals surface area contributed by atoms with E-state index in [0.717, 1.165) is 86.6 Å². The van der Waals surface area contributed by atoms with Crippen LogP contribution in [0.3, 0.4) is 0 Å². The number of hydrogen-bond donors (Lipinski definition) is 1. The number of ether oxygens (including phenoxy) is 2. The van der Waals surface area contributed by atoms with Gasteiger partial charge in [-0.3, -0.25) is 4.90 Å². The van der Waals surface area contributed by atoms with Gasteiger partial charge >= 0.3 is 0 Å². The molecule has 0 amide bonds. The molecule has 4 rings (SSSR count). The summed E-state index contributed by atoms with van der Waals surface area (Å²) < 4.78 is 10.9. The van der Waals surface area contributed by atoms with Crippen LogP contribution in [0.1, 0.15) is 22.6 Å². The molecule has 1 saturated heterocycles. The summed E-state index contributed by atoms with van der Waals surface area (Å²) in [5.41, 5.74) is 3.65. The maximum Gasteiger partial charge on any atom is 0.135 e. The van der Waals surface area contributed by atoms with E-state index in [1.54, 1.807) is 14.2 Å². The second-order valence-electron chi connectivity index (χ2n) is 7.39. The van der Waals surface area contributed by atoms with E-state index in [1.807, 2.05) is 19.1 Å². The van der Waals surface area contributed by atoms with Crippen molar-refractivity contribution in [1.29, 1.82) is 0 Å². The summed E-state index contributed by atoms with van der Waals surface area (Å²) in [5.74, 6) is 3.78. The van der Waals surface area contributed by atoms with Crippen LogP contribution in [0.4, 0.5) is 5.82 Å². The number of piperazine rings is 1. The number of nitrogens with zero attached hydrogens (tertiary/aromatic N) is 4. The molecule has 1 aromatic heterocycles. The molecule has 0 atom stereocenters. The monoisotopic (exact) mass is 383 g/mol. The first-order chi connectivity index (χ1) is 13.7. The smallest absolute Gasteiger partial charge is 0.135 e. The molecule has 0 saturated carbocycles. The Bertz CT molecular complexity index is 834. The van der Waals surface area contributed by atoms with E-state index in [-0.39, 0.29) is 0 Å². The van der Waals surface area contributed by atoms with Crippen LogP contribution in [0, 0.1) is 6.92 Å². The highest BCUT2D eigenvalue weighted by Crippen LogP contribution is 2.27. The molecule has 2 aromatic rings. The molecule has 28 heavy (non-hydrogen) atoms. The first-order valence-corrected chi connectivity index (χ1v) is 9.93. The zero-order chi connectivity index (χ0) is 19.5. The predicted molar refractivity (Wildman–Crippen MR) is 109 cm³/mol. The second-order valence-corrected chi connectivity index (χ2v) is 7.39. The molecule has 0 unspecified atom stereocenters. The van der Waals surface area contributed by atoms with Crippen molar-refractivity contribution < 1.29 is 9.47 Å². The SMILES string of the molecule is COc1ccc(OC)c(CN2CCN(c3nc(C)nc4c3CCNC4)CC2)c1. The lowest BCUT2D eigenvalue weighted by atomic mass is 10.1. The summed E-state index contributed by atoms with van der Waals surface area (Å²) >= 11 is 0. The fourth-order valence-electron chi connectivity index (χ4n) is 4.09. The quantitative estimate of drug-likeness (QED) is 0.844. The standard InChI is InChI=1S/C21H29N5O2/c1-15-23-19-13-22-7-6-18(19)21(24-15)26-10-8-25(9-11-26)14-16-12-17(27-2)4-5-20(16)28-3/h4-5,12,22H,6-11,13-14H2,1-3H3. The van der Waals surface area contributed by atoms with Gasteiger partial charge in [-0.15, -0.1) is 0 Å². The van der Waals surface area contributed by atoms with Gasteiger partial charge in [-0.1, -0.05) is 0 Å². The molecular formula is C21H29N5O2. The van der Waals surface area contributed by atoms with Gasteiger partial charge in [0.05, 0.1) is 19.9 Å². The maximum absolute atomic E-state index is 5.54. The van der Waals surface area contributed by atoms with Gasteiger partial charge in [-0.25, -0.2) is 9.97 Å². The van der Waals surface area contributed by atoms with Gasteiger partial charge in [0.2, 0.25) is 0 Å². The Hall–Kier alpha value is -2.38. The molecule has 1 N–H and O–H groups in total. The van der Waals surface area contributed by atoms with Crippen LogP contribution in [0.5, 0.6) is 11.5 Å². The molecule has 1 fully saturated rings. The van der Waals surface area contributed by atoms with Crippen LogP contribution in [-0.4, -0.2) is 61.8 Å². The van der Waals surface area contributed by atoms with Crippen LogP contribution in [0.25, 0.3) is 0 Å². The Morgan fingerprint density at radius 1 is 1.07 bits per heavy atom. The maximum atomic E-state index is 5.54. The lowest BCUT2D eigenvalue weighted by molar-refractivity contribution is 0.245. The lowest BCUT2D eigenvalue weighted by Crippen LogP contribution is -2.47. The fraction of sp³-hybridized carbons (Fsp3) is 0.524. The van der Waals surface area contributed by atoms with E-state index in [4.69, 9.17) is 14.5 Å². The number of benzene rings is 1. The third-order valence-electron chi connectivity index (χ3n) is 5.58. The topological polar surface area (TPSA) is 62.8 Å². The molecule has 3 heterocycles. The van der Waals surface area contributed by atoms with Gasteiger partial charge in [-0.05, 0) is 38.1 Å². The van der Waals surface area contributed by atoms with E-state index < -0.39 is 0 Å². The average Bonchev–Trinajstić information content (AvgIpc) is 2.73. The molecule has 0 spiro atoms. The predicted octanol–water partition coefficient (Wildman–Crippen LogP) is 1.77. The van der Waals surface area contributed by atoms with E-state index in [1.165, 1.54) is 5.56 Å². The minimum atomic E-state index is 0.849. The Balaban J connectivity index is 1.45. The zero-order valence-electron chi connectivity index (χ0n) is 17.0. The number of nitrogens with one attached hydrogen (secondary N) is 1. The fourth-order valence-corrected chi connectivity index (χ4v) is 4.09. The van der Waals surface area contributed by atoms with E-state index in [9.17, 15) is 0 Å². The molecule has 1 aromatic carbocycles. The van der Waals surface area contributed by atoms with Gasteiger partial charge in [-0.2, -0.15) is 0 Å². The van der Waals surface area contributed by atoms with E-state index in [0.29, 0.717) is 0 Å². The van der Waals surface area contributed by atoms with E-state index in [2.05, 4.69) is 26.2 Å². The van der Waals surface area contributed by atoms with Crippen molar-refractivity contribution in [1.82, 2.24) is 20.2 Å². The number of rotatable bonds is 5. The minimum absolute atomic E-state index is 0.849. The normalized spacial score (nSPS) is 17.3. The summed E-state index contributed by atoms with van der Waals surface area (Å²) in [6, 6.07) is 5.99. The summed E-state index contributed by atoms with van der Waals surface area (Å²) in [7, 11) is 3.42. The summed E-state index contributed by atoms with van der Waals surface area (Å²) in [4.78, 5) is 14.3. The van der Waals surface area contributed by atoms with Crippen molar-refractivity contribution in [3.63, 3.8) is 0 Å². The van der Waals surface area contributed by atoms with Gasteiger partial charge in [0.25, 0.3) is 0 Å². The number of hydrogen-bond acceptors (Lipinski definition) is 7. The number of fused-ring (bicyclic) bond motifs is 1. The molecule has 0 radical (unpaired) electrons. The molecule has 2 aliphatic heterocycles. The van der Waals surface area contributed by atoms with Gasteiger partial charge in [0.1, 0.15) is 23.1 Å². The molecule has 0 aliphatic carbocycles. The first-order valence-electron chi connectivity index (χ1n) is 9.93. The van der Waals surface area contributed by atoms with Crippen molar-refractivity contribution >= 4 is 5.82 Å². The lowest BCUT2D eigenvalue weighted by Gasteiger charge is -2.37. The van der Waals surface area contributed by atoms with Gasteiger partial charge in [0, 0.05) is 50.4 Å². The van der Waals surface area contributed by atoms with Crippen LogP contribution >= 0.6 is 0 Å². The Morgan fingerprint density at radius 3 is 2.64 bits per heavy atom. The number of aryl methyl sites for hydroxylation is 1. The molecular weight excluding hydrogens is 354 g/mol. The number of anilines is 1. The van der Waals surface area contributed by atoms with Crippen molar-refractivity contribution in [2.24, 2.45) is 0 Å². The molecule has 2 aliphatic rings. The first kappa shape index (κ1) is 19.0. The van der Waals surface area contributed by atoms with Crippen molar-refractivity contribution in [3.05, 3.63) is 40.8 Å². The van der Waals surface area contributed by atoms with Crippen molar-refractivity contribution in [3.8, 4) is 11.5 Å². The van der Waals surface area contributed by atoms with Gasteiger partial charge in [0.15, 0.2) is 0 Å². The van der Waals surface area contributed by atoms with Crippen molar-refractivity contribution in [2.45, 2.75) is 26.4 Å². The van der Waals surface area contributed by atoms with Crippen LogP contribution < -0.4 is 19.7 Å². The van der Waals surface area contributed by atoms with Crippen LogP contribution in [0.2, 0.25) is 0 Å². The average molecular weight is 383 g/mol. The third kappa shape index (κ3) is 3.91. The largest absolute Gasteiger partial charge is 0.497 e. The molecule has 7 heteroatoms. The van der Waals surface area contributed by atoms with Crippen LogP contribution in [0.15, 0.2) is 18.2 Å². The second kappa shape index (κ2) is 8.32. The third-order valence-corrected chi connectivity index (χ3v) is 5.58. The zero-order valence-corrected chi connectivity index (χ0v) is 17.0. The molecule has 7 nitrogen and oxygen atoms in total. The summed E-state index contributed by atoms with van der Waals surface area (Å²) in [6.45, 7) is 8.64.